The maximum Gasteiger partial charge on any atom is 0.320 e. The van der Waals surface area contributed by atoms with Gasteiger partial charge in [0.1, 0.15) is 6.04 Å². The van der Waals surface area contributed by atoms with Gasteiger partial charge in [-0.25, -0.2) is 0 Å². The molecule has 0 saturated carbocycles. The highest BCUT2D eigenvalue weighted by molar-refractivity contribution is 5.91. The van der Waals surface area contributed by atoms with E-state index < -0.39 is 12.0 Å². The fourth-order valence-electron chi connectivity index (χ4n) is 1.85. The third-order valence-electron chi connectivity index (χ3n) is 3.19. The summed E-state index contributed by atoms with van der Waals surface area (Å²) in [7, 11) is 1.45. The summed E-state index contributed by atoms with van der Waals surface area (Å²) >= 11 is 0. The Labute approximate surface area is 134 Å². The monoisotopic (exact) mass is 322 g/mol. The molecule has 0 aromatic heterocycles. The SMILES string of the molecule is COc1cc(/C=C/C(=O)NCCCC[C@H](N)C(=O)O)ccc1O. The maximum atomic E-state index is 11.6. The van der Waals surface area contributed by atoms with Gasteiger partial charge in [0.25, 0.3) is 0 Å². The Bertz CT molecular complexity index is 572. The van der Waals surface area contributed by atoms with E-state index in [1.807, 2.05) is 0 Å². The Morgan fingerprint density at radius 1 is 1.39 bits per heavy atom. The van der Waals surface area contributed by atoms with Gasteiger partial charge in [-0.05, 0) is 43.0 Å². The van der Waals surface area contributed by atoms with E-state index in [0.717, 1.165) is 5.56 Å². The number of carbonyl (C=O) groups excluding carboxylic acids is 1. The number of rotatable bonds is 9. The largest absolute Gasteiger partial charge is 0.504 e. The standard InChI is InChI=1S/C16H22N2O5/c1-23-14-10-11(5-7-13(14)19)6-8-15(20)18-9-3-2-4-12(17)16(21)22/h5-8,10,12,19H,2-4,9,17H2,1H3,(H,18,20)(H,21,22)/b8-6+/t12-/m0/s1. The Balaban J connectivity index is 2.32. The number of aliphatic carboxylic acids is 1. The van der Waals surface area contributed by atoms with E-state index in [-0.39, 0.29) is 11.7 Å². The van der Waals surface area contributed by atoms with Crippen LogP contribution in [0.1, 0.15) is 24.8 Å². The van der Waals surface area contributed by atoms with Crippen molar-refractivity contribution in [3.63, 3.8) is 0 Å². The lowest BCUT2D eigenvalue weighted by Gasteiger charge is -2.06. The van der Waals surface area contributed by atoms with Crippen molar-refractivity contribution in [3.05, 3.63) is 29.8 Å². The summed E-state index contributed by atoms with van der Waals surface area (Å²) in [6.45, 7) is 0.453. The number of unbranched alkanes of at least 4 members (excludes halogenated alkanes) is 1. The number of ether oxygens (including phenoxy) is 1. The number of carbonyl (C=O) groups is 2. The first kappa shape index (κ1) is 18.5. The van der Waals surface area contributed by atoms with Gasteiger partial charge in [-0.3, -0.25) is 9.59 Å². The van der Waals surface area contributed by atoms with Crippen molar-refractivity contribution < 1.29 is 24.5 Å². The minimum Gasteiger partial charge on any atom is -0.504 e. The van der Waals surface area contributed by atoms with Crippen LogP contribution < -0.4 is 15.8 Å². The number of nitrogens with two attached hydrogens (primary N) is 1. The molecule has 1 rings (SSSR count). The first-order chi connectivity index (χ1) is 10.9. The number of hydrogen-bond donors (Lipinski definition) is 4. The van der Waals surface area contributed by atoms with E-state index in [4.69, 9.17) is 15.6 Å². The topological polar surface area (TPSA) is 122 Å². The average Bonchev–Trinajstić information content (AvgIpc) is 2.53. The first-order valence-corrected chi connectivity index (χ1v) is 7.25. The molecule has 0 saturated heterocycles. The van der Waals surface area contributed by atoms with Crippen LogP contribution in [0.2, 0.25) is 0 Å². The summed E-state index contributed by atoms with van der Waals surface area (Å²) in [4.78, 5) is 22.2. The van der Waals surface area contributed by atoms with E-state index in [1.165, 1.54) is 19.3 Å². The first-order valence-electron chi connectivity index (χ1n) is 7.25. The molecule has 0 heterocycles. The highest BCUT2D eigenvalue weighted by Gasteiger charge is 2.09. The molecule has 0 spiro atoms. The van der Waals surface area contributed by atoms with E-state index in [2.05, 4.69) is 5.32 Å². The fourth-order valence-corrected chi connectivity index (χ4v) is 1.85. The number of carboxylic acid groups (broad SMARTS) is 1. The molecule has 1 amide bonds. The molecular formula is C16H22N2O5. The van der Waals surface area contributed by atoms with Crippen molar-refractivity contribution in [2.45, 2.75) is 25.3 Å². The minimum atomic E-state index is -1.01. The summed E-state index contributed by atoms with van der Waals surface area (Å²) in [5, 5.41) is 20.8. The van der Waals surface area contributed by atoms with Crippen LogP contribution in [0.15, 0.2) is 24.3 Å². The average molecular weight is 322 g/mol. The van der Waals surface area contributed by atoms with Gasteiger partial charge in [0, 0.05) is 12.6 Å². The molecule has 1 aromatic rings. The molecule has 0 aliphatic carbocycles. The lowest BCUT2D eigenvalue weighted by Crippen LogP contribution is -2.30. The summed E-state index contributed by atoms with van der Waals surface area (Å²) in [5.74, 6) is -0.892. The molecule has 0 unspecified atom stereocenters. The number of phenols is 1. The zero-order chi connectivity index (χ0) is 17.2. The number of nitrogens with one attached hydrogen (secondary N) is 1. The Hall–Kier alpha value is -2.54. The number of benzene rings is 1. The van der Waals surface area contributed by atoms with Crippen LogP contribution in [0.4, 0.5) is 0 Å². The van der Waals surface area contributed by atoms with Crippen LogP contribution >= 0.6 is 0 Å². The molecule has 0 bridgehead atoms. The zero-order valence-corrected chi connectivity index (χ0v) is 13.0. The van der Waals surface area contributed by atoms with Crippen LogP contribution in [0.5, 0.6) is 11.5 Å². The molecule has 126 valence electrons. The van der Waals surface area contributed by atoms with Gasteiger partial charge in [-0.1, -0.05) is 6.07 Å². The number of hydrogen-bond acceptors (Lipinski definition) is 5. The van der Waals surface area contributed by atoms with Crippen LogP contribution in [0, 0.1) is 0 Å². The maximum absolute atomic E-state index is 11.6. The summed E-state index contributed by atoms with van der Waals surface area (Å²) in [6.07, 6.45) is 4.67. The zero-order valence-electron chi connectivity index (χ0n) is 13.0. The summed E-state index contributed by atoms with van der Waals surface area (Å²) in [5.41, 5.74) is 6.10. The van der Waals surface area contributed by atoms with Gasteiger partial charge in [0.05, 0.1) is 7.11 Å². The third kappa shape index (κ3) is 6.84. The quantitative estimate of drug-likeness (QED) is 0.399. The van der Waals surface area contributed by atoms with Gasteiger partial charge in [0.15, 0.2) is 11.5 Å². The predicted molar refractivity (Wildman–Crippen MR) is 86.2 cm³/mol. The number of aromatic hydroxyl groups is 1. The number of phenolic OH excluding ortho intramolecular Hbond substituents is 1. The number of carboxylic acids is 1. The molecule has 7 heteroatoms. The molecule has 1 atom stereocenters. The van der Waals surface area contributed by atoms with Crippen LogP contribution in [0.3, 0.4) is 0 Å². The van der Waals surface area contributed by atoms with Crippen molar-refractivity contribution in [2.75, 3.05) is 13.7 Å². The van der Waals surface area contributed by atoms with Gasteiger partial charge in [-0.2, -0.15) is 0 Å². The van der Waals surface area contributed by atoms with Crippen LogP contribution in [0.25, 0.3) is 6.08 Å². The van der Waals surface area contributed by atoms with Crippen LogP contribution in [-0.4, -0.2) is 41.8 Å². The normalized spacial score (nSPS) is 12.1. The smallest absolute Gasteiger partial charge is 0.320 e. The molecule has 0 radical (unpaired) electrons. The Morgan fingerprint density at radius 3 is 2.78 bits per heavy atom. The van der Waals surface area contributed by atoms with E-state index in [9.17, 15) is 14.7 Å². The molecule has 23 heavy (non-hydrogen) atoms. The second kappa shape index (κ2) is 9.47. The second-order valence-electron chi connectivity index (χ2n) is 5.00. The fraction of sp³-hybridized carbons (Fsp3) is 0.375. The van der Waals surface area contributed by atoms with E-state index in [1.54, 1.807) is 18.2 Å². The van der Waals surface area contributed by atoms with Gasteiger partial charge < -0.3 is 26.0 Å². The molecule has 0 fully saturated rings. The van der Waals surface area contributed by atoms with Gasteiger partial charge >= 0.3 is 5.97 Å². The predicted octanol–water partition coefficient (Wildman–Crippen LogP) is 1.11. The van der Waals surface area contributed by atoms with Crippen molar-refractivity contribution in [3.8, 4) is 11.5 Å². The summed E-state index contributed by atoms with van der Waals surface area (Å²) < 4.78 is 4.98. The molecular weight excluding hydrogens is 300 g/mol. The molecule has 1 aromatic carbocycles. The van der Waals surface area contributed by atoms with E-state index in [0.29, 0.717) is 31.6 Å². The molecule has 5 N–H and O–H groups in total. The highest BCUT2D eigenvalue weighted by Crippen LogP contribution is 2.26. The third-order valence-corrected chi connectivity index (χ3v) is 3.19. The van der Waals surface area contributed by atoms with Gasteiger partial charge in [-0.15, -0.1) is 0 Å². The Kier molecular flexibility index (Phi) is 7.62. The number of amides is 1. The van der Waals surface area contributed by atoms with Crippen LogP contribution in [-0.2, 0) is 9.59 Å². The van der Waals surface area contributed by atoms with Gasteiger partial charge in [0.2, 0.25) is 5.91 Å². The molecule has 0 aliphatic heterocycles. The lowest BCUT2D eigenvalue weighted by molar-refractivity contribution is -0.138. The van der Waals surface area contributed by atoms with Crippen molar-refractivity contribution in [1.29, 1.82) is 0 Å². The molecule has 7 nitrogen and oxygen atoms in total. The van der Waals surface area contributed by atoms with Crippen molar-refractivity contribution >= 4 is 18.0 Å². The second-order valence-corrected chi connectivity index (χ2v) is 5.00. The lowest BCUT2D eigenvalue weighted by atomic mass is 10.1. The highest BCUT2D eigenvalue weighted by atomic mass is 16.5. The Morgan fingerprint density at radius 2 is 2.13 bits per heavy atom. The summed E-state index contributed by atoms with van der Waals surface area (Å²) in [6, 6.07) is 3.92. The van der Waals surface area contributed by atoms with E-state index >= 15 is 0 Å². The minimum absolute atomic E-state index is 0.0358. The van der Waals surface area contributed by atoms with Crippen molar-refractivity contribution in [1.82, 2.24) is 5.32 Å². The number of methoxy groups -OCH3 is 1. The van der Waals surface area contributed by atoms with Crippen molar-refractivity contribution in [2.24, 2.45) is 5.73 Å². The molecule has 0 aliphatic rings.